The third kappa shape index (κ3) is 7.59. The molecule has 3 aromatic rings. The second kappa shape index (κ2) is 12.3. The van der Waals surface area contributed by atoms with Crippen molar-refractivity contribution in [3.8, 4) is 23.3 Å². The molecule has 0 fully saturated rings. The van der Waals surface area contributed by atoms with E-state index in [0.717, 1.165) is 29.9 Å². The maximum absolute atomic E-state index is 12.9. The third-order valence-corrected chi connectivity index (χ3v) is 4.87. The van der Waals surface area contributed by atoms with E-state index in [4.69, 9.17) is 9.47 Å². The fourth-order valence-electron chi connectivity index (χ4n) is 3.03. The van der Waals surface area contributed by atoms with Gasteiger partial charge >= 0.3 is 5.97 Å². The topological polar surface area (TPSA) is 35.5 Å². The first-order valence-electron chi connectivity index (χ1n) is 11.0. The molecule has 0 aliphatic heterocycles. The fraction of sp³-hybridized carbons (Fsp3) is 0.250. The molecule has 0 radical (unpaired) electrons. The van der Waals surface area contributed by atoms with Crippen molar-refractivity contribution in [2.24, 2.45) is 0 Å². The van der Waals surface area contributed by atoms with Crippen LogP contribution in [0.3, 0.4) is 0 Å². The lowest BCUT2D eigenvalue weighted by atomic mass is 10.1. The Hall–Kier alpha value is -3.58. The van der Waals surface area contributed by atoms with Crippen molar-refractivity contribution in [1.82, 2.24) is 0 Å². The van der Waals surface area contributed by atoms with E-state index >= 15 is 0 Å². The van der Waals surface area contributed by atoms with Crippen LogP contribution >= 0.6 is 0 Å². The number of hydrogen-bond donors (Lipinski definition) is 0. The number of hydrogen-bond acceptors (Lipinski definition) is 3. The smallest absolute Gasteiger partial charge is 0.343 e. The van der Waals surface area contributed by atoms with Gasteiger partial charge in [-0.1, -0.05) is 44.4 Å². The highest BCUT2D eigenvalue weighted by Gasteiger charge is 2.08. The fourth-order valence-corrected chi connectivity index (χ4v) is 3.03. The Morgan fingerprint density at radius 2 is 1.31 bits per heavy atom. The number of ether oxygens (including phenoxy) is 2. The van der Waals surface area contributed by atoms with E-state index in [9.17, 15) is 9.18 Å². The Bertz CT molecular complexity index is 1040. The van der Waals surface area contributed by atoms with E-state index in [1.54, 1.807) is 24.3 Å². The van der Waals surface area contributed by atoms with E-state index in [2.05, 4.69) is 18.8 Å². The maximum Gasteiger partial charge on any atom is 0.343 e. The molecule has 0 atom stereocenters. The largest absolute Gasteiger partial charge is 0.494 e. The van der Waals surface area contributed by atoms with E-state index in [1.165, 1.54) is 49.9 Å². The molecule has 0 heterocycles. The zero-order chi connectivity index (χ0) is 22.6. The summed E-state index contributed by atoms with van der Waals surface area (Å²) in [4.78, 5) is 12.2. The molecule has 4 heteroatoms. The van der Waals surface area contributed by atoms with Crippen molar-refractivity contribution in [2.45, 2.75) is 39.0 Å². The van der Waals surface area contributed by atoms with Gasteiger partial charge < -0.3 is 9.47 Å². The second-order valence-corrected chi connectivity index (χ2v) is 7.46. The van der Waals surface area contributed by atoms with Gasteiger partial charge in [-0.3, -0.25) is 0 Å². The predicted octanol–water partition coefficient (Wildman–Crippen LogP) is 6.79. The summed E-state index contributed by atoms with van der Waals surface area (Å²) in [5.41, 5.74) is 2.08. The minimum absolute atomic E-state index is 0.296. The molecular weight excluding hydrogens is 403 g/mol. The van der Waals surface area contributed by atoms with Crippen molar-refractivity contribution >= 4 is 5.97 Å². The van der Waals surface area contributed by atoms with Gasteiger partial charge in [-0.05, 0) is 79.2 Å². The van der Waals surface area contributed by atoms with E-state index < -0.39 is 5.97 Å². The summed E-state index contributed by atoms with van der Waals surface area (Å²) in [7, 11) is 0. The molecule has 0 aromatic heterocycles. The highest BCUT2D eigenvalue weighted by molar-refractivity contribution is 5.91. The highest BCUT2D eigenvalue weighted by Crippen LogP contribution is 2.15. The van der Waals surface area contributed by atoms with E-state index in [0.29, 0.717) is 11.3 Å². The van der Waals surface area contributed by atoms with Crippen molar-refractivity contribution in [1.29, 1.82) is 0 Å². The van der Waals surface area contributed by atoms with Gasteiger partial charge in [0.15, 0.2) is 0 Å². The zero-order valence-electron chi connectivity index (χ0n) is 18.3. The summed E-state index contributed by atoms with van der Waals surface area (Å²) in [5, 5.41) is 0. The SMILES string of the molecule is CCCCCCCOc1ccc(C#Cc2ccc(C(=O)Oc3ccc(F)cc3)cc2)cc1. The molecule has 3 rings (SSSR count). The van der Waals surface area contributed by atoms with Crippen LogP contribution in [-0.4, -0.2) is 12.6 Å². The van der Waals surface area contributed by atoms with Crippen molar-refractivity contribution in [3.63, 3.8) is 0 Å². The molecule has 0 N–H and O–H groups in total. The van der Waals surface area contributed by atoms with Gasteiger partial charge in [0.05, 0.1) is 12.2 Å². The van der Waals surface area contributed by atoms with Crippen LogP contribution < -0.4 is 9.47 Å². The predicted molar refractivity (Wildman–Crippen MR) is 124 cm³/mol. The Labute approximate surface area is 189 Å². The molecule has 0 unspecified atom stereocenters. The molecule has 0 spiro atoms. The second-order valence-electron chi connectivity index (χ2n) is 7.46. The van der Waals surface area contributed by atoms with Crippen molar-refractivity contribution in [2.75, 3.05) is 6.61 Å². The monoisotopic (exact) mass is 430 g/mol. The van der Waals surface area contributed by atoms with Crippen LogP contribution in [0.25, 0.3) is 0 Å². The zero-order valence-corrected chi connectivity index (χ0v) is 18.3. The van der Waals surface area contributed by atoms with Crippen LogP contribution in [0.15, 0.2) is 72.8 Å². The Balaban J connectivity index is 1.49. The van der Waals surface area contributed by atoms with Gasteiger partial charge in [-0.2, -0.15) is 0 Å². The lowest BCUT2D eigenvalue weighted by molar-refractivity contribution is 0.0734. The van der Waals surface area contributed by atoms with E-state index in [-0.39, 0.29) is 5.82 Å². The Morgan fingerprint density at radius 1 is 0.750 bits per heavy atom. The molecule has 0 bridgehead atoms. The summed E-state index contributed by atoms with van der Waals surface area (Å²) in [6.07, 6.45) is 6.09. The van der Waals surface area contributed by atoms with Gasteiger partial charge in [0.1, 0.15) is 17.3 Å². The summed E-state index contributed by atoms with van der Waals surface area (Å²) in [6, 6.07) is 19.9. The summed E-state index contributed by atoms with van der Waals surface area (Å²) < 4.78 is 24.0. The number of benzene rings is 3. The lowest BCUT2D eigenvalue weighted by Crippen LogP contribution is -2.08. The highest BCUT2D eigenvalue weighted by atomic mass is 19.1. The van der Waals surface area contributed by atoms with Gasteiger partial charge in [0, 0.05) is 11.1 Å². The molecule has 32 heavy (non-hydrogen) atoms. The minimum Gasteiger partial charge on any atom is -0.494 e. The Kier molecular flexibility index (Phi) is 8.89. The number of esters is 1. The molecule has 3 aromatic carbocycles. The standard InChI is InChI=1S/C28H27FO3/c1-2-3-4-5-6-21-31-26-17-11-23(12-18-26)8-7-22-9-13-24(14-10-22)28(30)32-27-19-15-25(29)16-20-27/h9-20H,2-6,21H2,1H3. The first-order valence-corrected chi connectivity index (χ1v) is 11.0. The maximum atomic E-state index is 12.9. The third-order valence-electron chi connectivity index (χ3n) is 4.87. The van der Waals surface area contributed by atoms with Gasteiger partial charge in [0.2, 0.25) is 0 Å². The number of carbonyl (C=O) groups excluding carboxylic acids is 1. The van der Waals surface area contributed by atoms with Gasteiger partial charge in [0.25, 0.3) is 0 Å². The average molecular weight is 431 g/mol. The van der Waals surface area contributed by atoms with Crippen LogP contribution in [0.4, 0.5) is 4.39 Å². The number of rotatable bonds is 9. The molecule has 0 saturated carbocycles. The lowest BCUT2D eigenvalue weighted by Gasteiger charge is -2.05. The quantitative estimate of drug-likeness (QED) is 0.162. The average Bonchev–Trinajstić information content (AvgIpc) is 2.82. The van der Waals surface area contributed by atoms with Gasteiger partial charge in [-0.15, -0.1) is 0 Å². The van der Waals surface area contributed by atoms with Gasteiger partial charge in [-0.25, -0.2) is 9.18 Å². The Morgan fingerprint density at radius 3 is 1.94 bits per heavy atom. The molecule has 3 nitrogen and oxygen atoms in total. The minimum atomic E-state index is -0.503. The first-order chi connectivity index (χ1) is 15.6. The van der Waals surface area contributed by atoms with Crippen LogP contribution in [0, 0.1) is 17.7 Å². The number of halogens is 1. The van der Waals surface area contributed by atoms with Crippen molar-refractivity contribution < 1.29 is 18.7 Å². The summed E-state index contributed by atoms with van der Waals surface area (Å²) >= 11 is 0. The van der Waals surface area contributed by atoms with Crippen molar-refractivity contribution in [3.05, 3.63) is 95.3 Å². The number of carbonyl (C=O) groups is 1. The molecule has 0 aliphatic rings. The number of unbranched alkanes of at least 4 members (excludes halogenated alkanes) is 4. The molecule has 0 aliphatic carbocycles. The van der Waals surface area contributed by atoms with Crippen LogP contribution in [0.2, 0.25) is 0 Å². The normalized spacial score (nSPS) is 10.2. The van der Waals surface area contributed by atoms with Crippen LogP contribution in [-0.2, 0) is 0 Å². The molecule has 0 saturated heterocycles. The molecule has 164 valence electrons. The first kappa shape index (κ1) is 23.1. The van der Waals surface area contributed by atoms with Crippen LogP contribution in [0.5, 0.6) is 11.5 Å². The molecular formula is C28H27FO3. The summed E-state index contributed by atoms with van der Waals surface area (Å²) in [5.74, 6) is 6.47. The van der Waals surface area contributed by atoms with Crippen LogP contribution in [0.1, 0.15) is 60.5 Å². The van der Waals surface area contributed by atoms with E-state index in [1.807, 2.05) is 24.3 Å². The summed E-state index contributed by atoms with van der Waals surface area (Å²) in [6.45, 7) is 2.95. The molecule has 0 amide bonds.